The van der Waals surface area contributed by atoms with Crippen molar-refractivity contribution >= 4 is 62.4 Å². The Kier molecular flexibility index (Phi) is 7.03. The number of hydrogen-bond acceptors (Lipinski definition) is 3. The molecule has 0 spiro atoms. The minimum absolute atomic E-state index is 0.100. The van der Waals surface area contributed by atoms with Crippen molar-refractivity contribution in [1.29, 1.82) is 0 Å². The highest BCUT2D eigenvalue weighted by Gasteiger charge is 2.33. The first-order valence-corrected chi connectivity index (χ1v) is 13.9. The van der Waals surface area contributed by atoms with Crippen molar-refractivity contribution in [1.82, 2.24) is 0 Å². The van der Waals surface area contributed by atoms with Gasteiger partial charge in [-0.25, -0.2) is 0 Å². The molecular weight excluding hydrogens is 520 g/mol. The molecule has 0 bridgehead atoms. The van der Waals surface area contributed by atoms with Gasteiger partial charge in [-0.3, -0.25) is 0 Å². The van der Waals surface area contributed by atoms with E-state index in [1.165, 1.54) is 23.1 Å². The zero-order chi connectivity index (χ0) is 21.9. The van der Waals surface area contributed by atoms with E-state index in [-0.39, 0.29) is 10.5 Å². The first kappa shape index (κ1) is 22.2. The molecule has 0 N–H and O–H groups in total. The summed E-state index contributed by atoms with van der Waals surface area (Å²) in [6.07, 6.45) is 3.51. The lowest BCUT2D eigenvalue weighted by Crippen LogP contribution is -2.19. The van der Waals surface area contributed by atoms with Gasteiger partial charge in [0, 0.05) is 26.5 Å². The average molecular weight is 542 g/mol. The highest BCUT2D eigenvalue weighted by atomic mass is 79.9. The molecule has 1 atom stereocenters. The Labute approximate surface area is 211 Å². The number of halogens is 2. The van der Waals surface area contributed by atoms with Crippen LogP contribution in [0.3, 0.4) is 0 Å². The summed E-state index contributed by atoms with van der Waals surface area (Å²) in [5.41, 5.74) is 4.78. The first-order valence-electron chi connectivity index (χ1n) is 10.6. The average Bonchev–Trinajstić information content (AvgIpc) is 2.85. The van der Waals surface area contributed by atoms with Crippen molar-refractivity contribution in [3.05, 3.63) is 117 Å². The van der Waals surface area contributed by atoms with Gasteiger partial charge in [-0.2, -0.15) is 0 Å². The molecule has 3 aromatic rings. The lowest BCUT2D eigenvalue weighted by Gasteiger charge is -2.33. The van der Waals surface area contributed by atoms with Crippen LogP contribution in [0.4, 0.5) is 0 Å². The van der Waals surface area contributed by atoms with E-state index in [2.05, 4.69) is 76.6 Å². The zero-order valence-electron chi connectivity index (χ0n) is 17.3. The maximum absolute atomic E-state index is 6.74. The summed E-state index contributed by atoms with van der Waals surface area (Å²) in [5, 5.41) is 0.730. The van der Waals surface area contributed by atoms with Crippen LogP contribution >= 0.6 is 51.1 Å². The number of allylic oxidation sites excluding steroid dienone is 2. The van der Waals surface area contributed by atoms with Crippen molar-refractivity contribution in [3.8, 4) is 0 Å². The van der Waals surface area contributed by atoms with Crippen LogP contribution < -0.4 is 0 Å². The second kappa shape index (κ2) is 10.1. The monoisotopic (exact) mass is 540 g/mol. The van der Waals surface area contributed by atoms with Gasteiger partial charge in [-0.15, -0.1) is 23.5 Å². The molecule has 3 aromatic carbocycles. The third-order valence-electron chi connectivity index (χ3n) is 5.60. The molecule has 2 aliphatic rings. The highest BCUT2D eigenvalue weighted by molar-refractivity contribution is 9.10. The molecule has 5 heteroatoms. The summed E-state index contributed by atoms with van der Waals surface area (Å²) in [5.74, 6) is 4.40. The van der Waals surface area contributed by atoms with Crippen LogP contribution in [-0.4, -0.2) is 16.1 Å². The maximum atomic E-state index is 6.74. The number of thioether (sulfide) groups is 2. The Hall–Kier alpha value is -1.59. The molecule has 1 nitrogen and oxygen atoms in total. The molecule has 0 saturated carbocycles. The Morgan fingerprint density at radius 3 is 2.19 bits per heavy atom. The summed E-state index contributed by atoms with van der Waals surface area (Å²) >= 11 is 13.7. The third-order valence-corrected chi connectivity index (χ3v) is 9.28. The zero-order valence-corrected chi connectivity index (χ0v) is 21.3. The van der Waals surface area contributed by atoms with Crippen LogP contribution in [0, 0.1) is 0 Å². The van der Waals surface area contributed by atoms with Gasteiger partial charge in [0.05, 0.1) is 0 Å². The molecule has 2 aliphatic heterocycles. The number of benzene rings is 3. The molecule has 0 radical (unpaired) electrons. The molecule has 0 aliphatic carbocycles. The van der Waals surface area contributed by atoms with Crippen molar-refractivity contribution in [2.75, 3.05) is 11.5 Å². The van der Waals surface area contributed by atoms with Gasteiger partial charge in [-0.1, -0.05) is 70.0 Å². The van der Waals surface area contributed by atoms with Gasteiger partial charge >= 0.3 is 0 Å². The van der Waals surface area contributed by atoms with Crippen LogP contribution in [0.2, 0.25) is 5.02 Å². The summed E-state index contributed by atoms with van der Waals surface area (Å²) in [7, 11) is 0. The van der Waals surface area contributed by atoms with Crippen molar-refractivity contribution in [3.63, 3.8) is 0 Å². The fraction of sp³-hybridized carbons (Fsp3) is 0.185. The molecule has 162 valence electrons. The van der Waals surface area contributed by atoms with Crippen molar-refractivity contribution in [2.24, 2.45) is 0 Å². The van der Waals surface area contributed by atoms with E-state index >= 15 is 0 Å². The summed E-state index contributed by atoms with van der Waals surface area (Å²) in [6, 6.07) is 27.3. The van der Waals surface area contributed by atoms with E-state index < -0.39 is 0 Å². The van der Waals surface area contributed by atoms with Gasteiger partial charge in [0.15, 0.2) is 0 Å². The van der Waals surface area contributed by atoms with E-state index in [1.54, 1.807) is 0 Å². The summed E-state index contributed by atoms with van der Waals surface area (Å²) in [4.78, 5) is 0. The normalized spacial score (nSPS) is 19.4. The number of ether oxygens (including phenoxy) is 1. The Morgan fingerprint density at radius 1 is 0.812 bits per heavy atom. The van der Waals surface area contributed by atoms with Gasteiger partial charge in [0.25, 0.3) is 0 Å². The van der Waals surface area contributed by atoms with Crippen molar-refractivity contribution < 1.29 is 4.74 Å². The third kappa shape index (κ3) is 4.84. The molecule has 1 unspecified atom stereocenters. The van der Waals surface area contributed by atoms with Gasteiger partial charge in [0.2, 0.25) is 0 Å². The van der Waals surface area contributed by atoms with Crippen LogP contribution in [0.25, 0.3) is 11.3 Å². The quantitative estimate of drug-likeness (QED) is 0.326. The van der Waals surface area contributed by atoms with Crippen LogP contribution in [0.5, 0.6) is 0 Å². The highest BCUT2D eigenvalue weighted by Crippen LogP contribution is 2.49. The molecule has 0 aromatic heterocycles. The lowest BCUT2D eigenvalue weighted by atomic mass is 9.83. The molecule has 0 amide bonds. The second-order valence-corrected chi connectivity index (χ2v) is 11.8. The minimum atomic E-state index is 0.100. The first-order chi connectivity index (χ1) is 15.7. The fourth-order valence-corrected chi connectivity index (χ4v) is 7.29. The van der Waals surface area contributed by atoms with Crippen molar-refractivity contribution in [2.45, 2.75) is 16.9 Å². The van der Waals surface area contributed by atoms with Crippen LogP contribution in [0.15, 0.2) is 95.2 Å². The van der Waals surface area contributed by atoms with Gasteiger partial charge in [0.1, 0.15) is 16.1 Å². The Bertz CT molecular complexity index is 1130. The topological polar surface area (TPSA) is 9.23 Å². The molecular formula is C27H22BrClOS2. The molecule has 5 rings (SSSR count). The van der Waals surface area contributed by atoms with E-state index in [9.17, 15) is 0 Å². The van der Waals surface area contributed by atoms with Gasteiger partial charge < -0.3 is 4.74 Å². The largest absolute Gasteiger partial charge is 0.459 e. The SMILES string of the molecule is Clc1ccc(C2=CC(c3ccc(Br)cc3)C(c3ccccc3)=C(C3SCCCS3)O2)cc1. The molecule has 2 heterocycles. The predicted molar refractivity (Wildman–Crippen MR) is 144 cm³/mol. The summed E-state index contributed by atoms with van der Waals surface area (Å²) < 4.78 is 8.11. The van der Waals surface area contributed by atoms with Gasteiger partial charge in [-0.05, 0) is 71.5 Å². The molecule has 1 fully saturated rings. The standard InChI is InChI=1S/C27H22BrClOS2/c28-21-11-7-18(8-12-21)23-17-24(19-9-13-22(29)14-10-19)30-26(27-31-15-4-16-32-27)25(23)20-5-2-1-3-6-20/h1-3,5-14,17,23,27H,4,15-16H2. The predicted octanol–water partition coefficient (Wildman–Crippen LogP) is 8.86. The Balaban J connectivity index is 1.68. The lowest BCUT2D eigenvalue weighted by molar-refractivity contribution is 0.375. The van der Waals surface area contributed by atoms with E-state index in [1.807, 2.05) is 47.8 Å². The minimum Gasteiger partial charge on any atom is -0.459 e. The maximum Gasteiger partial charge on any atom is 0.132 e. The molecule has 1 saturated heterocycles. The number of rotatable bonds is 4. The summed E-state index contributed by atoms with van der Waals surface area (Å²) in [6.45, 7) is 0. The van der Waals surface area contributed by atoms with Crippen LogP contribution in [-0.2, 0) is 4.74 Å². The van der Waals surface area contributed by atoms with Crippen LogP contribution in [0.1, 0.15) is 29.0 Å². The van der Waals surface area contributed by atoms with E-state index in [0.717, 1.165) is 38.1 Å². The fourth-order valence-electron chi connectivity index (χ4n) is 4.05. The van der Waals surface area contributed by atoms with E-state index in [0.29, 0.717) is 0 Å². The molecule has 32 heavy (non-hydrogen) atoms. The second-order valence-electron chi connectivity index (χ2n) is 7.74. The smallest absolute Gasteiger partial charge is 0.132 e. The number of hydrogen-bond donors (Lipinski definition) is 0. The van der Waals surface area contributed by atoms with E-state index in [4.69, 9.17) is 16.3 Å². The Morgan fingerprint density at radius 2 is 1.50 bits per heavy atom.